The number of benzene rings is 1. The first-order valence-corrected chi connectivity index (χ1v) is 10.3. The van der Waals surface area contributed by atoms with Crippen LogP contribution in [0.4, 0.5) is 0 Å². The van der Waals surface area contributed by atoms with Crippen LogP contribution in [-0.2, 0) is 11.2 Å². The number of para-hydroxylation sites is 1. The van der Waals surface area contributed by atoms with Gasteiger partial charge in [0.1, 0.15) is 6.04 Å². The predicted molar refractivity (Wildman–Crippen MR) is 119 cm³/mol. The maximum absolute atomic E-state index is 13.3. The van der Waals surface area contributed by atoms with Crippen molar-refractivity contribution in [3.63, 3.8) is 0 Å². The Hall–Kier alpha value is -4.26. The maximum Gasteiger partial charge on any atom is 0.290 e. The molecule has 1 aliphatic heterocycles. The zero-order valence-electron chi connectivity index (χ0n) is 17.1. The number of fused-ring (bicyclic) bond motifs is 1. The van der Waals surface area contributed by atoms with E-state index in [0.717, 1.165) is 16.5 Å². The number of aliphatic hydroxyl groups is 1. The molecule has 0 radical (unpaired) electrons. The molecular weight excluding hydrogens is 404 g/mol. The van der Waals surface area contributed by atoms with E-state index < -0.39 is 23.5 Å². The van der Waals surface area contributed by atoms with Gasteiger partial charge in [-0.3, -0.25) is 19.6 Å². The Morgan fingerprint density at radius 3 is 2.69 bits per heavy atom. The molecule has 1 aliphatic rings. The fourth-order valence-corrected chi connectivity index (χ4v) is 4.19. The molecule has 0 fully saturated rings. The van der Waals surface area contributed by atoms with Gasteiger partial charge in [0.15, 0.2) is 11.5 Å². The van der Waals surface area contributed by atoms with Crippen LogP contribution in [0.25, 0.3) is 10.9 Å². The number of nitrogens with one attached hydrogen (secondary N) is 1. The lowest BCUT2D eigenvalue weighted by atomic mass is 9.96. The van der Waals surface area contributed by atoms with E-state index in [1.807, 2.05) is 30.5 Å². The van der Waals surface area contributed by atoms with Crippen molar-refractivity contribution in [3.05, 3.63) is 108 Å². The normalized spacial score (nSPS) is 16.2. The molecule has 7 nitrogen and oxygen atoms in total. The van der Waals surface area contributed by atoms with Crippen molar-refractivity contribution in [2.24, 2.45) is 0 Å². The predicted octanol–water partition coefficient (Wildman–Crippen LogP) is 3.78. The third-order valence-electron chi connectivity index (χ3n) is 5.74. The summed E-state index contributed by atoms with van der Waals surface area (Å²) in [4.78, 5) is 39.5. The second-order valence-corrected chi connectivity index (χ2v) is 7.60. The van der Waals surface area contributed by atoms with Gasteiger partial charge in [-0.15, -0.1) is 0 Å². The average Bonchev–Trinajstić information content (AvgIpc) is 3.37. The number of aliphatic hydroxyl groups excluding tert-OH is 1. The number of hydrogen-bond acceptors (Lipinski definition) is 5. The minimum absolute atomic E-state index is 0.0284. The molecule has 4 aromatic rings. The SMILES string of the molecule is O=C(C1=C(O)C(=O)N(CCc2c[nH]c3ccccc23)C1c1ccccn1)c1cccnc1. The Labute approximate surface area is 184 Å². The highest BCUT2D eigenvalue weighted by Gasteiger charge is 2.44. The van der Waals surface area contributed by atoms with Crippen LogP contribution in [0.3, 0.4) is 0 Å². The average molecular weight is 424 g/mol. The zero-order valence-corrected chi connectivity index (χ0v) is 17.1. The van der Waals surface area contributed by atoms with Crippen molar-refractivity contribution in [3.8, 4) is 0 Å². The number of nitrogens with zero attached hydrogens (tertiary/aromatic N) is 3. The van der Waals surface area contributed by atoms with Gasteiger partial charge in [0, 0.05) is 47.8 Å². The van der Waals surface area contributed by atoms with Crippen LogP contribution in [0.5, 0.6) is 0 Å². The van der Waals surface area contributed by atoms with Crippen molar-refractivity contribution < 1.29 is 14.7 Å². The second kappa shape index (κ2) is 8.11. The van der Waals surface area contributed by atoms with Crippen molar-refractivity contribution in [1.29, 1.82) is 0 Å². The lowest BCUT2D eigenvalue weighted by Crippen LogP contribution is -2.33. The van der Waals surface area contributed by atoms with Crippen LogP contribution < -0.4 is 0 Å². The molecule has 1 atom stereocenters. The Balaban J connectivity index is 1.51. The van der Waals surface area contributed by atoms with E-state index in [2.05, 4.69) is 15.0 Å². The Kier molecular flexibility index (Phi) is 4.99. The minimum atomic E-state index is -0.776. The van der Waals surface area contributed by atoms with E-state index in [-0.39, 0.29) is 5.57 Å². The van der Waals surface area contributed by atoms with E-state index in [9.17, 15) is 14.7 Å². The molecule has 2 N–H and O–H groups in total. The lowest BCUT2D eigenvalue weighted by Gasteiger charge is -2.26. The fraction of sp³-hybridized carbons (Fsp3) is 0.120. The highest BCUT2D eigenvalue weighted by atomic mass is 16.3. The van der Waals surface area contributed by atoms with E-state index in [1.165, 1.54) is 11.1 Å². The summed E-state index contributed by atoms with van der Waals surface area (Å²) in [6.07, 6.45) is 7.08. The lowest BCUT2D eigenvalue weighted by molar-refractivity contribution is -0.129. The summed E-state index contributed by atoms with van der Waals surface area (Å²) in [5.41, 5.74) is 2.93. The van der Waals surface area contributed by atoms with Crippen LogP contribution in [0.15, 0.2) is 90.7 Å². The zero-order chi connectivity index (χ0) is 22.1. The molecule has 4 heterocycles. The minimum Gasteiger partial charge on any atom is -0.503 e. The quantitative estimate of drug-likeness (QED) is 0.459. The van der Waals surface area contributed by atoms with E-state index in [4.69, 9.17) is 0 Å². The fourth-order valence-electron chi connectivity index (χ4n) is 4.19. The first-order chi connectivity index (χ1) is 15.6. The molecule has 5 rings (SSSR count). The highest BCUT2D eigenvalue weighted by molar-refractivity contribution is 6.16. The van der Waals surface area contributed by atoms with Gasteiger partial charge in [-0.2, -0.15) is 0 Å². The first-order valence-electron chi connectivity index (χ1n) is 10.3. The van der Waals surface area contributed by atoms with Gasteiger partial charge in [-0.05, 0) is 42.3 Å². The Morgan fingerprint density at radius 1 is 1.06 bits per heavy atom. The van der Waals surface area contributed by atoms with Gasteiger partial charge in [-0.25, -0.2) is 0 Å². The molecule has 32 heavy (non-hydrogen) atoms. The number of ketones is 1. The maximum atomic E-state index is 13.3. The number of rotatable bonds is 6. The van der Waals surface area contributed by atoms with Crippen molar-refractivity contribution in [2.45, 2.75) is 12.5 Å². The van der Waals surface area contributed by atoms with Gasteiger partial charge in [0.25, 0.3) is 5.91 Å². The Morgan fingerprint density at radius 2 is 1.91 bits per heavy atom. The summed E-state index contributed by atoms with van der Waals surface area (Å²) in [6, 6.07) is 15.8. The van der Waals surface area contributed by atoms with E-state index >= 15 is 0 Å². The summed E-state index contributed by atoms with van der Waals surface area (Å²) in [7, 11) is 0. The number of pyridine rings is 2. The number of Topliss-reactive ketones (excluding diaryl/α,β-unsaturated/α-hetero) is 1. The molecule has 158 valence electrons. The van der Waals surface area contributed by atoms with Gasteiger partial charge < -0.3 is 15.0 Å². The van der Waals surface area contributed by atoms with Crippen molar-refractivity contribution in [2.75, 3.05) is 6.54 Å². The summed E-state index contributed by atoms with van der Waals surface area (Å²) in [5.74, 6) is -1.55. The summed E-state index contributed by atoms with van der Waals surface area (Å²) in [6.45, 7) is 0.315. The molecule has 1 unspecified atom stereocenters. The molecule has 0 spiro atoms. The number of amides is 1. The standard InChI is InChI=1S/C25H20N4O3/c30-23(17-6-5-11-26-14-17)21-22(20-9-3-4-12-27-20)29(25(32)24(21)31)13-10-16-15-28-19-8-2-1-7-18(16)19/h1-9,11-12,14-15,22,28,31H,10,13H2. The van der Waals surface area contributed by atoms with Crippen molar-refractivity contribution >= 4 is 22.6 Å². The first kappa shape index (κ1) is 19.7. The summed E-state index contributed by atoms with van der Waals surface area (Å²) < 4.78 is 0. The third kappa shape index (κ3) is 3.33. The molecule has 3 aromatic heterocycles. The van der Waals surface area contributed by atoms with Gasteiger partial charge >= 0.3 is 0 Å². The molecule has 1 aromatic carbocycles. The molecule has 0 bridgehead atoms. The van der Waals surface area contributed by atoms with Crippen LogP contribution in [0, 0.1) is 0 Å². The summed E-state index contributed by atoms with van der Waals surface area (Å²) in [5, 5.41) is 11.8. The highest BCUT2D eigenvalue weighted by Crippen LogP contribution is 2.38. The molecule has 1 amide bonds. The number of aromatic nitrogens is 3. The van der Waals surface area contributed by atoms with E-state index in [1.54, 1.807) is 42.7 Å². The smallest absolute Gasteiger partial charge is 0.290 e. The van der Waals surface area contributed by atoms with Crippen LogP contribution >= 0.6 is 0 Å². The molecule has 7 heteroatoms. The second-order valence-electron chi connectivity index (χ2n) is 7.60. The van der Waals surface area contributed by atoms with Crippen LogP contribution in [-0.4, -0.2) is 43.2 Å². The number of H-pyrrole nitrogens is 1. The molecule has 0 aliphatic carbocycles. The number of hydrogen-bond donors (Lipinski definition) is 2. The van der Waals surface area contributed by atoms with Crippen LogP contribution in [0.1, 0.15) is 27.7 Å². The number of carbonyl (C=O) groups is 2. The van der Waals surface area contributed by atoms with E-state index in [0.29, 0.717) is 24.2 Å². The molecular formula is C25H20N4O3. The molecule has 0 saturated heterocycles. The monoisotopic (exact) mass is 424 g/mol. The molecule has 0 saturated carbocycles. The Bertz CT molecular complexity index is 1330. The van der Waals surface area contributed by atoms with Crippen LogP contribution in [0.2, 0.25) is 0 Å². The van der Waals surface area contributed by atoms with Crippen molar-refractivity contribution in [1.82, 2.24) is 19.9 Å². The summed E-state index contributed by atoms with van der Waals surface area (Å²) >= 11 is 0. The largest absolute Gasteiger partial charge is 0.503 e. The van der Waals surface area contributed by atoms with Gasteiger partial charge in [0.05, 0.1) is 11.3 Å². The van der Waals surface area contributed by atoms with Gasteiger partial charge in [-0.1, -0.05) is 24.3 Å². The van der Waals surface area contributed by atoms with Gasteiger partial charge in [0.2, 0.25) is 0 Å². The number of carbonyl (C=O) groups excluding carboxylic acids is 2. The number of aromatic amines is 1. The third-order valence-corrected chi connectivity index (χ3v) is 5.74. The topological polar surface area (TPSA) is 99.2 Å².